The molecule has 0 spiro atoms. The second-order valence-electron chi connectivity index (χ2n) is 7.28. The molecule has 0 amide bonds. The number of rotatable bonds is 10. The third-order valence-corrected chi connectivity index (χ3v) is 6.96. The minimum atomic E-state index is -3.31. The number of hydrogen-bond donors (Lipinski definition) is 0. The number of carbonyl (C=O) groups is 1. The molecule has 1 aromatic heterocycles. The summed E-state index contributed by atoms with van der Waals surface area (Å²) in [5.74, 6) is -0.457. The fourth-order valence-corrected chi connectivity index (χ4v) is 4.46. The van der Waals surface area contributed by atoms with Gasteiger partial charge in [-0.25, -0.2) is 8.42 Å². The van der Waals surface area contributed by atoms with Gasteiger partial charge < -0.3 is 14.1 Å². The van der Waals surface area contributed by atoms with Crippen LogP contribution >= 0.6 is 11.8 Å². The molecule has 0 saturated carbocycles. The molecule has 0 aliphatic heterocycles. The summed E-state index contributed by atoms with van der Waals surface area (Å²) in [5.41, 5.74) is 4.17. The lowest BCUT2D eigenvalue weighted by Gasteiger charge is -2.13. The summed E-state index contributed by atoms with van der Waals surface area (Å²) in [6.45, 7) is 1.74. The summed E-state index contributed by atoms with van der Waals surface area (Å²) in [4.78, 5) is 27.9. The van der Waals surface area contributed by atoms with Crippen molar-refractivity contribution in [3.63, 3.8) is 0 Å². The van der Waals surface area contributed by atoms with Gasteiger partial charge in [0.2, 0.25) is 0 Å². The number of thioether (sulfide) groups is 1. The van der Waals surface area contributed by atoms with Crippen LogP contribution in [-0.4, -0.2) is 44.7 Å². The molecule has 0 unspecified atom stereocenters. The number of nitrogens with zero attached hydrogens (tertiary/aromatic N) is 2. The number of sulfone groups is 1. The topological polar surface area (TPSA) is 104 Å². The smallest absolute Gasteiger partial charge is 0.310 e. The molecule has 10 heteroatoms. The highest BCUT2D eigenvalue weighted by Gasteiger charge is 2.18. The summed E-state index contributed by atoms with van der Waals surface area (Å²) < 4.78 is 30.8. The van der Waals surface area contributed by atoms with Crippen LogP contribution in [0, 0.1) is 11.8 Å². The molecule has 0 aliphatic carbocycles. The van der Waals surface area contributed by atoms with Crippen LogP contribution in [0.3, 0.4) is 0 Å². The Bertz CT molecular complexity index is 1230. The number of ether oxygens (including phenoxy) is 1. The molecular weight excluding hydrogens is 464 g/mol. The highest BCUT2D eigenvalue weighted by molar-refractivity contribution is 7.98. The largest absolute Gasteiger partial charge is 0.462 e. The van der Waals surface area contributed by atoms with E-state index in [4.69, 9.17) is 4.74 Å². The Balaban J connectivity index is 2.00. The van der Waals surface area contributed by atoms with Crippen molar-refractivity contribution in [3.8, 4) is 16.9 Å². The summed E-state index contributed by atoms with van der Waals surface area (Å²) in [6.07, 6.45) is 3.21. The Morgan fingerprint density at radius 3 is 2.30 bits per heavy atom. The van der Waals surface area contributed by atoms with Gasteiger partial charge in [-0.1, -0.05) is 12.1 Å². The van der Waals surface area contributed by atoms with Gasteiger partial charge in [0.25, 0.3) is 0 Å². The van der Waals surface area contributed by atoms with E-state index in [0.717, 1.165) is 33.1 Å². The first-order valence-electron chi connectivity index (χ1n) is 10.0. The predicted octanol–water partition coefficient (Wildman–Crippen LogP) is 4.36. The molecule has 2 aromatic carbocycles. The molecule has 0 bridgehead atoms. The van der Waals surface area contributed by atoms with Crippen LogP contribution in [0.25, 0.3) is 16.9 Å². The molecule has 174 valence electrons. The lowest BCUT2D eigenvalue weighted by atomic mass is 10.1. The maximum absolute atomic E-state index is 12.3. The summed E-state index contributed by atoms with van der Waals surface area (Å²) >= 11 is 1.64. The molecule has 0 fully saturated rings. The predicted molar refractivity (Wildman–Crippen MR) is 127 cm³/mol. The Hall–Kier alpha value is -3.11. The van der Waals surface area contributed by atoms with Crippen LogP contribution in [0.2, 0.25) is 0 Å². The number of hydrogen-bond acceptors (Lipinski definition) is 8. The van der Waals surface area contributed by atoms with Crippen LogP contribution in [0.1, 0.15) is 11.3 Å². The first kappa shape index (κ1) is 24.5. The molecular formula is C23H24N2O6S2. The quantitative estimate of drug-likeness (QED) is 0.137. The average Bonchev–Trinajstić information content (AvgIpc) is 3.12. The zero-order chi connectivity index (χ0) is 24.0. The van der Waals surface area contributed by atoms with Crippen molar-refractivity contribution in [2.75, 3.05) is 25.7 Å². The molecule has 1 heterocycles. The molecule has 0 radical (unpaired) electrons. The van der Waals surface area contributed by atoms with E-state index in [2.05, 4.69) is 10.2 Å². The van der Waals surface area contributed by atoms with Crippen LogP contribution in [0.15, 0.2) is 69.7 Å². The van der Waals surface area contributed by atoms with Gasteiger partial charge >= 0.3 is 5.97 Å². The summed E-state index contributed by atoms with van der Waals surface area (Å²) in [5, 5.41) is 2.26. The second kappa shape index (κ2) is 10.7. The Labute approximate surface area is 196 Å². The molecule has 33 heavy (non-hydrogen) atoms. The van der Waals surface area contributed by atoms with Gasteiger partial charge in [0.15, 0.2) is 21.8 Å². The number of esters is 1. The van der Waals surface area contributed by atoms with E-state index in [9.17, 15) is 18.1 Å². The normalized spacial score (nSPS) is 11.2. The highest BCUT2D eigenvalue weighted by atomic mass is 32.2. The SMILES string of the molecule is CSc1ccc(-n2c(-c3ccc(S(C)(=O)=O)cc3)cc(CC(=O)OCCON=O)c2C)cc1. The summed E-state index contributed by atoms with van der Waals surface area (Å²) in [6, 6.07) is 16.6. The van der Waals surface area contributed by atoms with E-state index in [1.165, 1.54) is 6.26 Å². The standard InChI is InChI=1S/C23H24N2O6S2/c1-16-18(15-23(26)30-12-13-31-24-27)14-22(17-4-10-21(11-5-17)33(3,28)29)25(16)19-6-8-20(32-2)9-7-19/h4-11,14H,12-13,15H2,1-3H3. The van der Waals surface area contributed by atoms with E-state index < -0.39 is 15.8 Å². The van der Waals surface area contributed by atoms with Crippen molar-refractivity contribution in [1.82, 2.24) is 4.57 Å². The van der Waals surface area contributed by atoms with Crippen molar-refractivity contribution in [3.05, 3.63) is 70.8 Å². The first-order chi connectivity index (χ1) is 15.7. The lowest BCUT2D eigenvalue weighted by Crippen LogP contribution is -2.12. The molecule has 8 nitrogen and oxygen atoms in total. The number of aromatic nitrogens is 1. The Kier molecular flexibility index (Phi) is 7.93. The van der Waals surface area contributed by atoms with Crippen LogP contribution < -0.4 is 0 Å². The van der Waals surface area contributed by atoms with Gasteiger partial charge in [-0.2, -0.15) is 0 Å². The zero-order valence-corrected chi connectivity index (χ0v) is 20.1. The van der Waals surface area contributed by atoms with E-state index in [0.29, 0.717) is 0 Å². The van der Waals surface area contributed by atoms with E-state index in [1.807, 2.05) is 48.1 Å². The highest BCUT2D eigenvalue weighted by Crippen LogP contribution is 2.31. The molecule has 0 saturated heterocycles. The average molecular weight is 489 g/mol. The van der Waals surface area contributed by atoms with E-state index in [-0.39, 0.29) is 24.5 Å². The monoisotopic (exact) mass is 488 g/mol. The van der Waals surface area contributed by atoms with E-state index >= 15 is 0 Å². The maximum Gasteiger partial charge on any atom is 0.310 e. The van der Waals surface area contributed by atoms with E-state index in [1.54, 1.807) is 36.0 Å². The Morgan fingerprint density at radius 2 is 1.73 bits per heavy atom. The molecule has 0 N–H and O–H groups in total. The van der Waals surface area contributed by atoms with Gasteiger partial charge in [0, 0.05) is 22.5 Å². The third-order valence-electron chi connectivity index (χ3n) is 5.09. The maximum atomic E-state index is 12.3. The molecule has 3 aromatic rings. The van der Waals surface area contributed by atoms with Gasteiger partial charge in [0.05, 0.1) is 17.0 Å². The van der Waals surface area contributed by atoms with Gasteiger partial charge in [-0.3, -0.25) is 4.79 Å². The first-order valence-corrected chi connectivity index (χ1v) is 13.1. The molecule has 3 rings (SSSR count). The zero-order valence-electron chi connectivity index (χ0n) is 18.5. The third kappa shape index (κ3) is 6.02. The molecule has 0 atom stereocenters. The summed E-state index contributed by atoms with van der Waals surface area (Å²) in [7, 11) is -3.31. The van der Waals surface area contributed by atoms with Crippen molar-refractivity contribution in [1.29, 1.82) is 0 Å². The second-order valence-corrected chi connectivity index (χ2v) is 10.2. The van der Waals surface area contributed by atoms with Crippen molar-refractivity contribution in [2.24, 2.45) is 5.34 Å². The minimum Gasteiger partial charge on any atom is -0.462 e. The minimum absolute atomic E-state index is 0.0324. The van der Waals surface area contributed by atoms with Crippen LogP contribution in [-0.2, 0) is 30.6 Å². The fourth-order valence-electron chi connectivity index (χ4n) is 3.42. The van der Waals surface area contributed by atoms with Crippen molar-refractivity contribution < 1.29 is 22.8 Å². The van der Waals surface area contributed by atoms with Crippen molar-refractivity contribution >= 4 is 27.6 Å². The Morgan fingerprint density at radius 1 is 1.06 bits per heavy atom. The van der Waals surface area contributed by atoms with Gasteiger partial charge in [0.1, 0.15) is 6.61 Å². The lowest BCUT2D eigenvalue weighted by molar-refractivity contribution is -0.144. The van der Waals surface area contributed by atoms with Crippen LogP contribution in [0.5, 0.6) is 0 Å². The van der Waals surface area contributed by atoms with Gasteiger partial charge in [-0.05, 0) is 66.8 Å². The molecule has 0 aliphatic rings. The number of benzene rings is 2. The number of carbonyl (C=O) groups excluding carboxylic acids is 1. The van der Waals surface area contributed by atoms with Crippen molar-refractivity contribution in [2.45, 2.75) is 23.1 Å². The fraction of sp³-hybridized carbons (Fsp3) is 0.261. The van der Waals surface area contributed by atoms with Gasteiger partial charge in [-0.15, -0.1) is 16.7 Å². The van der Waals surface area contributed by atoms with Crippen LogP contribution in [0.4, 0.5) is 0 Å².